The summed E-state index contributed by atoms with van der Waals surface area (Å²) in [5.41, 5.74) is 1.46. The minimum absolute atomic E-state index is 0.00195. The van der Waals surface area contributed by atoms with Gasteiger partial charge in [0, 0.05) is 37.9 Å². The Hall–Kier alpha value is -6.07. The first-order valence-electron chi connectivity index (χ1n) is 23.7. The third kappa shape index (κ3) is 23.2. The van der Waals surface area contributed by atoms with E-state index in [1.165, 1.54) is 0 Å². The Morgan fingerprint density at radius 3 is 1.88 bits per heavy atom. The van der Waals surface area contributed by atoms with Gasteiger partial charge in [0.05, 0.1) is 84.5 Å². The van der Waals surface area contributed by atoms with Crippen molar-refractivity contribution in [2.45, 2.75) is 77.7 Å². The van der Waals surface area contributed by atoms with Crippen molar-refractivity contribution in [1.29, 1.82) is 0 Å². The molecule has 0 aromatic heterocycles. The topological polar surface area (TPSA) is 258 Å². The van der Waals surface area contributed by atoms with Gasteiger partial charge >= 0.3 is 12.1 Å². The van der Waals surface area contributed by atoms with E-state index in [2.05, 4.69) is 43.7 Å². The number of carbonyl (C=O) groups is 7. The number of nitrogens with one attached hydrogen (secondary N) is 6. The Morgan fingerprint density at radius 2 is 1.25 bits per heavy atom. The lowest BCUT2D eigenvalue weighted by atomic mass is 9.87. The molecule has 0 aliphatic heterocycles. The summed E-state index contributed by atoms with van der Waals surface area (Å²) < 4.78 is 27.2. The van der Waals surface area contributed by atoms with Gasteiger partial charge in [-0.15, -0.1) is 11.8 Å². The second-order valence-corrected chi connectivity index (χ2v) is 17.5. The van der Waals surface area contributed by atoms with Crippen LogP contribution in [0.5, 0.6) is 0 Å². The van der Waals surface area contributed by atoms with Crippen LogP contribution >= 0.6 is 0 Å². The predicted molar refractivity (Wildman–Crippen MR) is 254 cm³/mol. The molecular weight excluding hydrogens is 893 g/mol. The van der Waals surface area contributed by atoms with Crippen molar-refractivity contribution >= 4 is 47.3 Å². The van der Waals surface area contributed by atoms with E-state index in [1.807, 2.05) is 18.2 Å². The maximum atomic E-state index is 13.2. The lowest BCUT2D eigenvalue weighted by Gasteiger charge is -2.19. The number of carboxylic acid groups (broad SMARTS) is 1. The third-order valence-corrected chi connectivity index (χ3v) is 11.7. The summed E-state index contributed by atoms with van der Waals surface area (Å²) in [4.78, 5) is 86.7. The number of carboxylic acids is 1. The Morgan fingerprint density at radius 1 is 0.667 bits per heavy atom. The van der Waals surface area contributed by atoms with Gasteiger partial charge in [-0.1, -0.05) is 42.5 Å². The van der Waals surface area contributed by atoms with Crippen molar-refractivity contribution in [1.82, 2.24) is 26.6 Å². The van der Waals surface area contributed by atoms with E-state index in [4.69, 9.17) is 23.7 Å². The van der Waals surface area contributed by atoms with Crippen molar-refractivity contribution in [3.05, 3.63) is 65.7 Å². The second kappa shape index (κ2) is 31.1. The molecule has 378 valence electrons. The van der Waals surface area contributed by atoms with Crippen molar-refractivity contribution in [3.8, 4) is 11.8 Å². The molecule has 7 N–H and O–H groups in total. The van der Waals surface area contributed by atoms with E-state index in [1.54, 1.807) is 50.2 Å². The van der Waals surface area contributed by atoms with Gasteiger partial charge in [-0.25, -0.2) is 4.79 Å². The molecule has 3 atom stereocenters. The molecule has 2 aliphatic carbocycles. The standard InChI is InChI=1S/C50H70N6O13/c1-50(2,48(62)63)21-10-13-36-16-18-38(19-17-36)55-45(59)34-54-47(61)42(31-37-11-6-5-7-12-37)56-46(60)33-53-44(58)32-52-43(57)20-23-65-25-27-67-29-30-68-28-26-66-24-22-51-49(64)69-35-41-39-14-8-3-4-9-15-40(39)41/h5-7,11-12,16-19,39-42H,8-10,13-15,20-35H2,1-2H3,(H,51,64)(H,52,57)(H,53,58)(H,54,61)(H,55,59)(H,56,60)(H,62,63)/t39?,40?,41?,42-/m0/s1. The summed E-state index contributed by atoms with van der Waals surface area (Å²) in [6.45, 7) is 5.43. The zero-order chi connectivity index (χ0) is 49.7. The number of ether oxygens (including phenoxy) is 5. The number of fused-ring (bicyclic) bond motifs is 1. The molecule has 0 radical (unpaired) electrons. The van der Waals surface area contributed by atoms with Crippen LogP contribution in [0.1, 0.15) is 69.9 Å². The maximum absolute atomic E-state index is 13.2. The molecule has 6 amide bonds. The summed E-state index contributed by atoms with van der Waals surface area (Å²) in [6.07, 6.45) is 5.64. The molecule has 0 saturated heterocycles. The normalized spacial score (nSPS) is 16.4. The first-order chi connectivity index (χ1) is 33.3. The summed E-state index contributed by atoms with van der Waals surface area (Å²) in [7, 11) is 0. The highest BCUT2D eigenvalue weighted by atomic mass is 16.6. The quantitative estimate of drug-likeness (QED) is 0.0402. The highest BCUT2D eigenvalue weighted by Gasteiger charge is 2.49. The van der Waals surface area contributed by atoms with Crippen LogP contribution < -0.4 is 31.9 Å². The molecular formula is C50H70N6O13. The molecule has 2 aliphatic rings. The molecule has 19 heteroatoms. The SMILES string of the molecule is CC(C)(CCCc1ccc(NC(=O)CNC(=O)[C@H](Cc2ccccc2)NC(=O)CNC(=O)CNC(=O)CCOCCOCCOCCOCCNC(=O)OCC2C3CCC#CCCC32)cc1)C(=O)O. The van der Waals surface area contributed by atoms with Gasteiger partial charge in [0.1, 0.15) is 6.04 Å². The monoisotopic (exact) mass is 963 g/mol. The number of aryl methyl sites for hydroxylation is 1. The van der Waals surface area contributed by atoms with Crippen LogP contribution in [-0.4, -0.2) is 138 Å². The van der Waals surface area contributed by atoms with E-state index in [-0.39, 0.29) is 39.1 Å². The minimum Gasteiger partial charge on any atom is -0.481 e. The average molecular weight is 963 g/mol. The Labute approximate surface area is 404 Å². The van der Waals surface area contributed by atoms with Crippen LogP contribution in [0.2, 0.25) is 0 Å². The van der Waals surface area contributed by atoms with Gasteiger partial charge in [-0.2, -0.15) is 0 Å². The van der Waals surface area contributed by atoms with Gasteiger partial charge in [0.2, 0.25) is 29.5 Å². The fraction of sp³-hybridized carbons (Fsp3) is 0.580. The van der Waals surface area contributed by atoms with E-state index in [0.29, 0.717) is 95.5 Å². The summed E-state index contributed by atoms with van der Waals surface area (Å²) in [5, 5.41) is 24.8. The fourth-order valence-electron chi connectivity index (χ4n) is 7.56. The van der Waals surface area contributed by atoms with E-state index < -0.39 is 59.6 Å². The zero-order valence-electron chi connectivity index (χ0n) is 39.9. The van der Waals surface area contributed by atoms with E-state index in [0.717, 1.165) is 36.8 Å². The van der Waals surface area contributed by atoms with Crippen molar-refractivity contribution < 1.29 is 62.4 Å². The van der Waals surface area contributed by atoms with Crippen LogP contribution in [-0.2, 0) is 65.3 Å². The van der Waals surface area contributed by atoms with Gasteiger partial charge in [-0.05, 0) is 87.0 Å². The molecule has 69 heavy (non-hydrogen) atoms. The number of rotatable bonds is 33. The summed E-state index contributed by atoms with van der Waals surface area (Å²) in [6, 6.07) is 15.1. The number of hydrogen-bond acceptors (Lipinski definition) is 12. The number of anilines is 1. The molecule has 1 saturated carbocycles. The summed E-state index contributed by atoms with van der Waals surface area (Å²) in [5.74, 6) is 4.47. The first-order valence-corrected chi connectivity index (χ1v) is 23.7. The zero-order valence-corrected chi connectivity index (χ0v) is 39.9. The predicted octanol–water partition coefficient (Wildman–Crippen LogP) is 2.76. The summed E-state index contributed by atoms with van der Waals surface area (Å²) >= 11 is 0. The van der Waals surface area contributed by atoms with Crippen LogP contribution in [0.3, 0.4) is 0 Å². The van der Waals surface area contributed by atoms with Crippen molar-refractivity contribution in [2.24, 2.45) is 23.2 Å². The molecule has 0 bridgehead atoms. The molecule has 2 aromatic rings. The lowest BCUT2D eigenvalue weighted by molar-refractivity contribution is -0.147. The van der Waals surface area contributed by atoms with Crippen LogP contribution in [0.15, 0.2) is 54.6 Å². The average Bonchev–Trinajstić information content (AvgIpc) is 3.98. The largest absolute Gasteiger partial charge is 0.481 e. The van der Waals surface area contributed by atoms with Crippen LogP contribution in [0, 0.1) is 35.0 Å². The number of aliphatic carboxylic acids is 1. The van der Waals surface area contributed by atoms with Gasteiger partial charge in [-0.3, -0.25) is 28.8 Å². The number of carbonyl (C=O) groups excluding carboxylic acids is 6. The Bertz CT molecular complexity index is 1990. The molecule has 2 unspecified atom stereocenters. The maximum Gasteiger partial charge on any atom is 0.407 e. The number of hydrogen-bond donors (Lipinski definition) is 7. The van der Waals surface area contributed by atoms with Crippen LogP contribution in [0.4, 0.5) is 10.5 Å². The Kier molecular flexibility index (Phi) is 25.1. The molecule has 1 fully saturated rings. The van der Waals surface area contributed by atoms with Crippen molar-refractivity contribution in [2.75, 3.05) is 91.0 Å². The third-order valence-electron chi connectivity index (χ3n) is 11.7. The molecule has 0 spiro atoms. The fourth-order valence-corrected chi connectivity index (χ4v) is 7.56. The number of amides is 6. The highest BCUT2D eigenvalue weighted by molar-refractivity contribution is 5.96. The van der Waals surface area contributed by atoms with Crippen LogP contribution in [0.25, 0.3) is 0 Å². The first kappa shape index (κ1) is 55.5. The van der Waals surface area contributed by atoms with E-state index in [9.17, 15) is 38.7 Å². The smallest absolute Gasteiger partial charge is 0.407 e. The number of alkyl carbamates (subject to hydrolysis) is 1. The van der Waals surface area contributed by atoms with Gasteiger partial charge in [0.15, 0.2) is 0 Å². The molecule has 19 nitrogen and oxygen atoms in total. The molecule has 2 aromatic carbocycles. The van der Waals surface area contributed by atoms with Gasteiger partial charge in [0.25, 0.3) is 0 Å². The lowest BCUT2D eigenvalue weighted by Crippen LogP contribution is -2.52. The number of benzene rings is 2. The minimum atomic E-state index is -1.06. The molecule has 4 rings (SSSR count). The molecule has 0 heterocycles. The second-order valence-electron chi connectivity index (χ2n) is 17.5. The highest BCUT2D eigenvalue weighted by Crippen LogP contribution is 2.52. The Balaban J connectivity index is 0.970. The van der Waals surface area contributed by atoms with Gasteiger partial charge < -0.3 is 60.7 Å². The van der Waals surface area contributed by atoms with E-state index >= 15 is 0 Å². The van der Waals surface area contributed by atoms with Crippen molar-refractivity contribution in [3.63, 3.8) is 0 Å².